The average Bonchev–Trinajstić information content (AvgIpc) is 2.80. The van der Waals surface area contributed by atoms with Gasteiger partial charge < -0.3 is 4.74 Å². The third-order valence-corrected chi connectivity index (χ3v) is 6.31. The van der Waals surface area contributed by atoms with Gasteiger partial charge in [-0.05, 0) is 53.1 Å². The van der Waals surface area contributed by atoms with Gasteiger partial charge in [-0.1, -0.05) is 72.8 Å². The first kappa shape index (κ1) is 22.0. The maximum atomic E-state index is 13.0. The third kappa shape index (κ3) is 4.66. The van der Waals surface area contributed by atoms with Crippen LogP contribution in [0.2, 0.25) is 0 Å². The molecule has 1 fully saturated rings. The molecular weight excluding hydrogens is 398 g/mol. The van der Waals surface area contributed by atoms with Crippen LogP contribution in [0.5, 0.6) is 0 Å². The minimum absolute atomic E-state index is 0.164. The van der Waals surface area contributed by atoms with Gasteiger partial charge in [-0.15, -0.1) is 0 Å². The van der Waals surface area contributed by atoms with E-state index in [4.69, 9.17) is 4.74 Å². The zero-order chi connectivity index (χ0) is 22.5. The maximum Gasteiger partial charge on any atom is 0.234 e. The number of methoxy groups -OCH3 is 1. The second-order valence-corrected chi connectivity index (χ2v) is 8.44. The SMILES string of the molecule is COCCCc1ccccc1-c1ccc(C2C(=O)NC(=O)CC2c2ccccc2)c(C)c1. The minimum atomic E-state index is -0.388. The number of carbonyl (C=O) groups excluding carboxylic acids is 2. The smallest absolute Gasteiger partial charge is 0.234 e. The Bertz CT molecular complexity index is 1110. The highest BCUT2D eigenvalue weighted by Crippen LogP contribution is 2.40. The van der Waals surface area contributed by atoms with Gasteiger partial charge in [0.25, 0.3) is 0 Å². The normalized spacial score (nSPS) is 18.4. The molecule has 0 bridgehead atoms. The fraction of sp³-hybridized carbons (Fsp3) is 0.286. The molecule has 1 heterocycles. The first-order valence-corrected chi connectivity index (χ1v) is 11.1. The van der Waals surface area contributed by atoms with E-state index in [9.17, 15) is 9.59 Å². The van der Waals surface area contributed by atoms with Crippen molar-refractivity contribution < 1.29 is 14.3 Å². The molecule has 32 heavy (non-hydrogen) atoms. The van der Waals surface area contributed by atoms with Gasteiger partial charge in [-0.25, -0.2) is 0 Å². The predicted molar refractivity (Wildman–Crippen MR) is 127 cm³/mol. The summed E-state index contributed by atoms with van der Waals surface area (Å²) < 4.78 is 5.21. The number of hydrogen-bond acceptors (Lipinski definition) is 3. The van der Waals surface area contributed by atoms with Gasteiger partial charge in [0.2, 0.25) is 11.8 Å². The molecule has 0 aromatic heterocycles. The number of benzene rings is 3. The van der Waals surface area contributed by atoms with Crippen molar-refractivity contribution in [1.29, 1.82) is 0 Å². The van der Waals surface area contributed by atoms with E-state index in [2.05, 4.69) is 54.7 Å². The number of ether oxygens (including phenoxy) is 1. The highest BCUT2D eigenvalue weighted by molar-refractivity contribution is 6.02. The summed E-state index contributed by atoms with van der Waals surface area (Å²) in [7, 11) is 1.73. The second kappa shape index (κ2) is 9.92. The largest absolute Gasteiger partial charge is 0.385 e. The van der Waals surface area contributed by atoms with E-state index in [1.165, 1.54) is 11.1 Å². The molecule has 1 saturated heterocycles. The molecule has 0 saturated carbocycles. The number of carbonyl (C=O) groups is 2. The van der Waals surface area contributed by atoms with Gasteiger partial charge in [0.05, 0.1) is 5.92 Å². The Balaban J connectivity index is 1.69. The van der Waals surface area contributed by atoms with Crippen molar-refractivity contribution in [3.63, 3.8) is 0 Å². The Morgan fingerprint density at radius 2 is 1.72 bits per heavy atom. The van der Waals surface area contributed by atoms with E-state index >= 15 is 0 Å². The van der Waals surface area contributed by atoms with Crippen LogP contribution >= 0.6 is 0 Å². The van der Waals surface area contributed by atoms with Crippen molar-refractivity contribution in [2.45, 2.75) is 38.0 Å². The fourth-order valence-electron chi connectivity index (χ4n) is 4.75. The lowest BCUT2D eigenvalue weighted by Gasteiger charge is -2.32. The molecule has 3 aromatic rings. The maximum absolute atomic E-state index is 13.0. The van der Waals surface area contributed by atoms with E-state index < -0.39 is 0 Å². The Kier molecular flexibility index (Phi) is 6.81. The van der Waals surface area contributed by atoms with Gasteiger partial charge in [-0.3, -0.25) is 14.9 Å². The van der Waals surface area contributed by atoms with Crippen LogP contribution in [0.4, 0.5) is 0 Å². The van der Waals surface area contributed by atoms with Crippen LogP contribution in [-0.2, 0) is 20.7 Å². The van der Waals surface area contributed by atoms with Crippen LogP contribution in [-0.4, -0.2) is 25.5 Å². The van der Waals surface area contributed by atoms with Crippen molar-refractivity contribution in [2.24, 2.45) is 0 Å². The Morgan fingerprint density at radius 3 is 2.47 bits per heavy atom. The highest BCUT2D eigenvalue weighted by atomic mass is 16.5. The van der Waals surface area contributed by atoms with Crippen LogP contribution in [0.1, 0.15) is 46.9 Å². The number of nitrogens with one attached hydrogen (secondary N) is 1. The first-order valence-electron chi connectivity index (χ1n) is 11.1. The van der Waals surface area contributed by atoms with Crippen molar-refractivity contribution in [1.82, 2.24) is 5.32 Å². The molecule has 4 heteroatoms. The number of hydrogen-bond donors (Lipinski definition) is 1. The summed E-state index contributed by atoms with van der Waals surface area (Å²) in [5.41, 5.74) is 6.70. The Morgan fingerprint density at radius 1 is 0.969 bits per heavy atom. The van der Waals surface area contributed by atoms with Crippen LogP contribution in [0.15, 0.2) is 72.8 Å². The second-order valence-electron chi connectivity index (χ2n) is 8.44. The highest BCUT2D eigenvalue weighted by Gasteiger charge is 2.38. The molecular formula is C28H29NO3. The van der Waals surface area contributed by atoms with Gasteiger partial charge in [0.1, 0.15) is 0 Å². The van der Waals surface area contributed by atoms with Crippen LogP contribution in [0, 0.1) is 6.92 Å². The summed E-state index contributed by atoms with van der Waals surface area (Å²) in [6.07, 6.45) is 2.23. The number of imide groups is 1. The standard InChI is InChI=1S/C28H29NO3/c1-19-17-22(24-13-7-6-11-20(24)12-8-16-32-2)14-15-23(19)27-25(18-26(30)29-28(27)31)21-9-4-3-5-10-21/h3-7,9-11,13-15,17,25,27H,8,12,16,18H2,1-2H3,(H,29,30,31). The van der Waals surface area contributed by atoms with E-state index in [1.54, 1.807) is 7.11 Å². The third-order valence-electron chi connectivity index (χ3n) is 6.31. The predicted octanol–water partition coefficient (Wildman–Crippen LogP) is 5.15. The molecule has 1 aliphatic rings. The topological polar surface area (TPSA) is 55.4 Å². The van der Waals surface area contributed by atoms with Gasteiger partial charge >= 0.3 is 0 Å². The number of rotatable bonds is 7. The van der Waals surface area contributed by atoms with E-state index in [1.807, 2.05) is 30.3 Å². The summed E-state index contributed by atoms with van der Waals surface area (Å²) in [6, 6.07) is 24.6. The average molecular weight is 428 g/mol. The van der Waals surface area contributed by atoms with E-state index in [0.717, 1.165) is 41.7 Å². The van der Waals surface area contributed by atoms with Crippen molar-refractivity contribution in [3.05, 3.63) is 95.1 Å². The van der Waals surface area contributed by atoms with E-state index in [-0.39, 0.29) is 23.7 Å². The minimum Gasteiger partial charge on any atom is -0.385 e. The molecule has 3 aromatic carbocycles. The molecule has 1 aliphatic heterocycles. The molecule has 0 spiro atoms. The van der Waals surface area contributed by atoms with Crippen molar-refractivity contribution >= 4 is 11.8 Å². The van der Waals surface area contributed by atoms with Crippen LogP contribution in [0.25, 0.3) is 11.1 Å². The summed E-state index contributed by atoms with van der Waals surface area (Å²) in [5.74, 6) is -0.977. The Labute approximate surface area is 189 Å². The van der Waals surface area contributed by atoms with Gasteiger partial charge in [-0.2, -0.15) is 0 Å². The van der Waals surface area contributed by atoms with E-state index in [0.29, 0.717) is 6.42 Å². The lowest BCUT2D eigenvalue weighted by atomic mass is 9.75. The zero-order valence-corrected chi connectivity index (χ0v) is 18.6. The molecule has 2 atom stereocenters. The summed E-state index contributed by atoms with van der Waals surface area (Å²) in [5, 5.41) is 2.55. The lowest BCUT2D eigenvalue weighted by molar-refractivity contribution is -0.135. The lowest BCUT2D eigenvalue weighted by Crippen LogP contribution is -2.43. The summed E-state index contributed by atoms with van der Waals surface area (Å²) in [4.78, 5) is 25.1. The molecule has 4 rings (SSSR count). The molecule has 0 radical (unpaired) electrons. The quantitative estimate of drug-likeness (QED) is 0.419. The van der Waals surface area contributed by atoms with Crippen LogP contribution in [0.3, 0.4) is 0 Å². The van der Waals surface area contributed by atoms with Gasteiger partial charge in [0.15, 0.2) is 0 Å². The van der Waals surface area contributed by atoms with Crippen molar-refractivity contribution in [3.8, 4) is 11.1 Å². The monoisotopic (exact) mass is 427 g/mol. The molecule has 0 aliphatic carbocycles. The molecule has 2 unspecified atom stereocenters. The molecule has 1 N–H and O–H groups in total. The summed E-state index contributed by atoms with van der Waals surface area (Å²) in [6.45, 7) is 2.79. The fourth-order valence-corrected chi connectivity index (χ4v) is 4.75. The molecule has 2 amide bonds. The number of amides is 2. The number of aryl methyl sites for hydroxylation is 2. The zero-order valence-electron chi connectivity index (χ0n) is 18.6. The summed E-state index contributed by atoms with van der Waals surface area (Å²) >= 11 is 0. The first-order chi connectivity index (χ1) is 15.6. The van der Waals surface area contributed by atoms with Crippen LogP contribution < -0.4 is 5.32 Å². The van der Waals surface area contributed by atoms with Gasteiger partial charge in [0, 0.05) is 26.1 Å². The number of piperidine rings is 1. The molecule has 4 nitrogen and oxygen atoms in total. The van der Waals surface area contributed by atoms with Crippen molar-refractivity contribution in [2.75, 3.05) is 13.7 Å². The molecule has 164 valence electrons. The Hall–Kier alpha value is -3.24.